The highest BCUT2D eigenvalue weighted by molar-refractivity contribution is 5.90. The summed E-state index contributed by atoms with van der Waals surface area (Å²) in [5.41, 5.74) is -7.05. The molecule has 0 spiro atoms. The van der Waals surface area contributed by atoms with Gasteiger partial charge in [-0.2, -0.15) is 0 Å². The van der Waals surface area contributed by atoms with Crippen molar-refractivity contribution in [2.24, 2.45) is 5.92 Å². The van der Waals surface area contributed by atoms with E-state index in [0.717, 1.165) is 13.2 Å². The van der Waals surface area contributed by atoms with Crippen LogP contribution in [-0.4, -0.2) is 61.0 Å². The summed E-state index contributed by atoms with van der Waals surface area (Å²) in [6.45, 7) is 4.37. The summed E-state index contributed by atoms with van der Waals surface area (Å²) in [7, 11) is 1.02. The van der Waals surface area contributed by atoms with Gasteiger partial charge >= 0.3 is 5.97 Å². The summed E-state index contributed by atoms with van der Waals surface area (Å²) in [4.78, 5) is 28.1. The largest absolute Gasteiger partial charge is 0.508 e. The predicted octanol–water partition coefficient (Wildman–Crippen LogP) is 3.06. The predicted molar refractivity (Wildman–Crippen MR) is 166 cm³/mol. The number of benzene rings is 3. The number of rotatable bonds is 7. The summed E-state index contributed by atoms with van der Waals surface area (Å²) in [6.07, 6.45) is -1.14. The van der Waals surface area contributed by atoms with Gasteiger partial charge in [0.05, 0.1) is 49.1 Å². The maximum absolute atomic E-state index is 14.3. The number of phenols is 4. The van der Waals surface area contributed by atoms with E-state index in [4.69, 9.17) is 18.6 Å². The second-order valence-corrected chi connectivity index (χ2v) is 13.3. The van der Waals surface area contributed by atoms with E-state index >= 15 is 0 Å². The number of carbonyl (C=O) groups excluding carboxylic acids is 1. The number of aromatic hydroxyl groups is 4. The molecule has 3 aromatic carbocycles. The molecule has 13 nitrogen and oxygen atoms in total. The molecule has 4 aromatic rings. The van der Waals surface area contributed by atoms with Crippen LogP contribution in [0, 0.1) is 12.8 Å². The lowest BCUT2D eigenvalue weighted by Gasteiger charge is -2.38. The molecule has 3 aliphatic rings. The van der Waals surface area contributed by atoms with Gasteiger partial charge in [-0.3, -0.25) is 4.79 Å². The third-order valence-electron chi connectivity index (χ3n) is 9.81. The summed E-state index contributed by atoms with van der Waals surface area (Å²) in [5, 5.41) is 77.5. The number of aliphatic hydroxyl groups excluding tert-OH is 1. The summed E-state index contributed by atoms with van der Waals surface area (Å²) in [5.74, 6) is -5.96. The number of hydrogen-bond acceptors (Lipinski definition) is 13. The highest BCUT2D eigenvalue weighted by Gasteiger charge is 2.78. The molecule has 5 atom stereocenters. The van der Waals surface area contributed by atoms with Crippen LogP contribution in [0.15, 0.2) is 45.6 Å². The molecule has 2 bridgehead atoms. The summed E-state index contributed by atoms with van der Waals surface area (Å²) >= 11 is 0. The summed E-state index contributed by atoms with van der Waals surface area (Å²) in [6, 6.07) is 7.82. The third kappa shape index (κ3) is 3.98. The molecule has 1 fully saturated rings. The van der Waals surface area contributed by atoms with Gasteiger partial charge in [-0.25, -0.2) is 4.79 Å². The van der Waals surface area contributed by atoms with E-state index in [1.54, 1.807) is 20.8 Å². The van der Waals surface area contributed by atoms with Crippen molar-refractivity contribution in [2.75, 3.05) is 13.7 Å². The minimum Gasteiger partial charge on any atom is -0.508 e. The van der Waals surface area contributed by atoms with Crippen molar-refractivity contribution < 1.29 is 59.2 Å². The Labute approximate surface area is 272 Å². The molecule has 0 amide bonds. The molecule has 3 heterocycles. The van der Waals surface area contributed by atoms with Crippen molar-refractivity contribution in [3.63, 3.8) is 0 Å². The number of aryl methyl sites for hydroxylation is 1. The summed E-state index contributed by atoms with van der Waals surface area (Å²) < 4.78 is 24.3. The fourth-order valence-electron chi connectivity index (χ4n) is 7.95. The molecule has 7 rings (SSSR count). The first kappa shape index (κ1) is 31.8. The monoisotopic (exact) mass is 662 g/mol. The lowest BCUT2D eigenvalue weighted by Crippen LogP contribution is -2.47. The Morgan fingerprint density at radius 2 is 1.69 bits per heavy atom. The molecule has 252 valence electrons. The van der Waals surface area contributed by atoms with Crippen LogP contribution in [-0.2, 0) is 32.1 Å². The van der Waals surface area contributed by atoms with E-state index in [-0.39, 0.29) is 63.5 Å². The number of methoxy groups -OCH3 is 1. The van der Waals surface area contributed by atoms with Gasteiger partial charge in [0, 0.05) is 23.5 Å². The van der Waals surface area contributed by atoms with Gasteiger partial charge < -0.3 is 54.4 Å². The molecule has 0 unspecified atom stereocenters. The number of fused-ring (bicyclic) bond motifs is 11. The lowest BCUT2D eigenvalue weighted by molar-refractivity contribution is -0.172. The van der Waals surface area contributed by atoms with Crippen LogP contribution in [0.25, 0.3) is 11.0 Å². The van der Waals surface area contributed by atoms with E-state index < -0.39 is 75.6 Å². The van der Waals surface area contributed by atoms with Gasteiger partial charge in [0.15, 0.2) is 0 Å². The van der Waals surface area contributed by atoms with Gasteiger partial charge in [0.25, 0.3) is 0 Å². The molecule has 13 heteroatoms. The number of carbonyl (C=O) groups is 1. The highest BCUT2D eigenvalue weighted by atomic mass is 16.6. The van der Waals surface area contributed by atoms with Crippen molar-refractivity contribution >= 4 is 16.9 Å². The van der Waals surface area contributed by atoms with Crippen LogP contribution in [0.5, 0.6) is 28.7 Å². The van der Waals surface area contributed by atoms with Crippen LogP contribution in [0.3, 0.4) is 0 Å². The van der Waals surface area contributed by atoms with Crippen LogP contribution in [0.4, 0.5) is 0 Å². The zero-order chi connectivity index (χ0) is 34.7. The maximum Gasteiger partial charge on any atom is 0.343 e. The number of ether oxygens (including phenoxy) is 3. The van der Waals surface area contributed by atoms with Gasteiger partial charge in [0.2, 0.25) is 11.0 Å². The SMILES string of the molecule is COC(=O)[C@@]1(O)c2c(oc3cc(CO)cc(O)c3c2=O)[C@H]2[C@@H]1[C@H]1O[C@]2(c2c(O)cccc2O)c2c(O)cc(C)c(OCCC(C)(C)O)c21. The minimum atomic E-state index is -2.78. The lowest BCUT2D eigenvalue weighted by atomic mass is 9.63. The molecule has 1 saturated heterocycles. The second-order valence-electron chi connectivity index (χ2n) is 13.3. The topological polar surface area (TPSA) is 217 Å². The Morgan fingerprint density at radius 3 is 2.31 bits per heavy atom. The van der Waals surface area contributed by atoms with Crippen molar-refractivity contribution in [2.45, 2.75) is 62.6 Å². The smallest absolute Gasteiger partial charge is 0.343 e. The maximum atomic E-state index is 14.3. The average molecular weight is 663 g/mol. The zero-order valence-corrected chi connectivity index (χ0v) is 26.4. The first-order valence-corrected chi connectivity index (χ1v) is 15.3. The van der Waals surface area contributed by atoms with E-state index in [2.05, 4.69) is 0 Å². The Morgan fingerprint density at radius 1 is 1.00 bits per heavy atom. The average Bonchev–Trinajstić information content (AvgIpc) is 3.62. The van der Waals surface area contributed by atoms with Gasteiger partial charge in [0.1, 0.15) is 51.1 Å². The van der Waals surface area contributed by atoms with Crippen LogP contribution >= 0.6 is 0 Å². The fraction of sp³-hybridized carbons (Fsp3) is 0.371. The molecule has 1 aromatic heterocycles. The number of phenolic OH excluding ortho intramolecular Hbond substituents is 4. The first-order chi connectivity index (χ1) is 22.6. The highest BCUT2D eigenvalue weighted by Crippen LogP contribution is 2.77. The number of aliphatic hydroxyl groups is 3. The molecular weight excluding hydrogens is 628 g/mol. The minimum absolute atomic E-state index is 0.0105. The Hall–Kier alpha value is -4.82. The molecule has 1 aliphatic carbocycles. The second kappa shape index (κ2) is 10.3. The quantitative estimate of drug-likeness (QED) is 0.142. The third-order valence-corrected chi connectivity index (χ3v) is 9.81. The van der Waals surface area contributed by atoms with Crippen molar-refractivity contribution in [3.05, 3.63) is 85.8 Å². The van der Waals surface area contributed by atoms with E-state index in [1.807, 2.05) is 0 Å². The van der Waals surface area contributed by atoms with E-state index in [0.29, 0.717) is 5.56 Å². The van der Waals surface area contributed by atoms with Gasteiger partial charge in [-0.15, -0.1) is 0 Å². The first-order valence-electron chi connectivity index (χ1n) is 15.3. The van der Waals surface area contributed by atoms with Crippen molar-refractivity contribution in [1.29, 1.82) is 0 Å². The zero-order valence-electron chi connectivity index (χ0n) is 26.4. The Kier molecular flexibility index (Phi) is 6.84. The number of esters is 1. The van der Waals surface area contributed by atoms with Gasteiger partial charge in [-0.05, 0) is 62.2 Å². The molecular formula is C35H34O13. The normalized spacial score (nSPS) is 25.2. The molecule has 0 radical (unpaired) electrons. The van der Waals surface area contributed by atoms with Crippen LogP contribution < -0.4 is 10.2 Å². The molecule has 48 heavy (non-hydrogen) atoms. The van der Waals surface area contributed by atoms with Gasteiger partial charge in [-0.1, -0.05) is 6.07 Å². The molecule has 7 N–H and O–H groups in total. The van der Waals surface area contributed by atoms with Crippen LogP contribution in [0.1, 0.15) is 71.4 Å². The molecule has 0 saturated carbocycles. The van der Waals surface area contributed by atoms with Crippen molar-refractivity contribution in [3.8, 4) is 28.7 Å². The van der Waals surface area contributed by atoms with E-state index in [1.165, 1.54) is 30.3 Å². The van der Waals surface area contributed by atoms with Crippen LogP contribution in [0.2, 0.25) is 0 Å². The van der Waals surface area contributed by atoms with E-state index in [9.17, 15) is 45.3 Å². The molecule has 2 aliphatic heterocycles. The standard InChI is InChI=1S/C35H34O13/c1-14-10-19(40)24-22(29(14)46-9-8-33(2,3)43)30-25-26(35(24,48-30)23-16(37)6-5-7-17(23)38)31-27(34(25,44)32(42)45-4)28(41)21-18(39)11-15(13-36)12-20(21)47-31/h5-7,10-12,25-26,30,36-40,43-44H,8-9,13H2,1-4H3/t25-,26-,30+,34+,35-/m1/s1. The fourth-order valence-corrected chi connectivity index (χ4v) is 7.95. The Bertz CT molecular complexity index is 2070. The number of hydrogen-bond donors (Lipinski definition) is 7. The Balaban J connectivity index is 1.61. The van der Waals surface area contributed by atoms with Crippen molar-refractivity contribution in [1.82, 2.24) is 0 Å².